The standard InChI is InChI=1S/C16H23N/c1-13(2)12-17-11-3-4-14-5-7-15(8-6-14)16-9-10-16/h3-8,13,16-17H,9-12H2,1-2H3. The van der Waals surface area contributed by atoms with Crippen LogP contribution in [0.1, 0.15) is 43.7 Å². The summed E-state index contributed by atoms with van der Waals surface area (Å²) < 4.78 is 0. The Hall–Kier alpha value is -1.08. The lowest BCUT2D eigenvalue weighted by Crippen LogP contribution is -2.19. The molecule has 0 spiro atoms. The van der Waals surface area contributed by atoms with Crippen LogP contribution in [0, 0.1) is 5.92 Å². The third kappa shape index (κ3) is 4.35. The molecular weight excluding hydrogens is 206 g/mol. The van der Waals surface area contributed by atoms with Gasteiger partial charge in [-0.1, -0.05) is 50.3 Å². The zero-order chi connectivity index (χ0) is 12.1. The summed E-state index contributed by atoms with van der Waals surface area (Å²) in [4.78, 5) is 0. The van der Waals surface area contributed by atoms with Crippen molar-refractivity contribution < 1.29 is 0 Å². The van der Waals surface area contributed by atoms with Crippen molar-refractivity contribution in [2.45, 2.75) is 32.6 Å². The summed E-state index contributed by atoms with van der Waals surface area (Å²) in [6, 6.07) is 9.01. The van der Waals surface area contributed by atoms with E-state index < -0.39 is 0 Å². The van der Waals surface area contributed by atoms with Crippen molar-refractivity contribution in [3.05, 3.63) is 41.5 Å². The van der Waals surface area contributed by atoms with Crippen LogP contribution in [-0.2, 0) is 0 Å². The van der Waals surface area contributed by atoms with Crippen molar-refractivity contribution in [2.75, 3.05) is 13.1 Å². The topological polar surface area (TPSA) is 12.0 Å². The summed E-state index contributed by atoms with van der Waals surface area (Å²) in [7, 11) is 0. The fourth-order valence-electron chi connectivity index (χ4n) is 1.95. The van der Waals surface area contributed by atoms with Gasteiger partial charge in [0.2, 0.25) is 0 Å². The summed E-state index contributed by atoms with van der Waals surface area (Å²) in [6.45, 7) is 6.51. The van der Waals surface area contributed by atoms with Gasteiger partial charge in [0.05, 0.1) is 0 Å². The third-order valence-corrected chi connectivity index (χ3v) is 3.11. The van der Waals surface area contributed by atoms with Crippen LogP contribution in [0.25, 0.3) is 6.08 Å². The highest BCUT2D eigenvalue weighted by Crippen LogP contribution is 2.39. The van der Waals surface area contributed by atoms with Crippen LogP contribution in [0.4, 0.5) is 0 Å². The lowest BCUT2D eigenvalue weighted by molar-refractivity contribution is 0.577. The molecule has 1 fully saturated rings. The Labute approximate surface area is 105 Å². The predicted molar refractivity (Wildman–Crippen MR) is 75.2 cm³/mol. The SMILES string of the molecule is CC(C)CNCC=Cc1ccc(C2CC2)cc1. The molecule has 1 N–H and O–H groups in total. The summed E-state index contributed by atoms with van der Waals surface area (Å²) >= 11 is 0. The Morgan fingerprint density at radius 1 is 1.24 bits per heavy atom. The maximum absolute atomic E-state index is 3.41. The molecular formula is C16H23N. The van der Waals surface area contributed by atoms with Gasteiger partial charge in [0.1, 0.15) is 0 Å². The quantitative estimate of drug-likeness (QED) is 0.731. The van der Waals surface area contributed by atoms with Crippen LogP contribution in [-0.4, -0.2) is 13.1 Å². The number of nitrogens with one attached hydrogen (secondary N) is 1. The van der Waals surface area contributed by atoms with Crippen LogP contribution in [0.2, 0.25) is 0 Å². The molecule has 0 aromatic heterocycles. The van der Waals surface area contributed by atoms with E-state index in [1.54, 1.807) is 0 Å². The second-order valence-electron chi connectivity index (χ2n) is 5.40. The molecule has 1 aromatic rings. The Morgan fingerprint density at radius 2 is 1.94 bits per heavy atom. The number of benzene rings is 1. The molecule has 0 heterocycles. The van der Waals surface area contributed by atoms with Gasteiger partial charge in [-0.2, -0.15) is 0 Å². The van der Waals surface area contributed by atoms with Crippen LogP contribution < -0.4 is 5.32 Å². The highest BCUT2D eigenvalue weighted by molar-refractivity contribution is 5.50. The summed E-state index contributed by atoms with van der Waals surface area (Å²) in [5, 5.41) is 3.41. The molecule has 17 heavy (non-hydrogen) atoms. The Kier molecular flexibility index (Phi) is 4.38. The van der Waals surface area contributed by atoms with Crippen molar-refractivity contribution >= 4 is 6.08 Å². The Balaban J connectivity index is 1.75. The predicted octanol–water partition coefficient (Wildman–Crippen LogP) is 3.82. The molecule has 1 saturated carbocycles. The van der Waals surface area contributed by atoms with E-state index in [2.05, 4.69) is 55.6 Å². The van der Waals surface area contributed by atoms with Crippen LogP contribution >= 0.6 is 0 Å². The lowest BCUT2D eigenvalue weighted by atomic mass is 10.1. The molecule has 1 aliphatic rings. The van der Waals surface area contributed by atoms with E-state index in [0.717, 1.165) is 24.9 Å². The molecule has 0 amide bonds. The second-order valence-corrected chi connectivity index (χ2v) is 5.40. The minimum atomic E-state index is 0.723. The molecule has 0 saturated heterocycles. The molecule has 2 rings (SSSR count). The smallest absolute Gasteiger partial charge is 0.0138 e. The van der Waals surface area contributed by atoms with E-state index in [9.17, 15) is 0 Å². The molecule has 0 aliphatic heterocycles. The molecule has 0 bridgehead atoms. The van der Waals surface area contributed by atoms with Gasteiger partial charge < -0.3 is 5.32 Å². The zero-order valence-electron chi connectivity index (χ0n) is 10.9. The molecule has 92 valence electrons. The Morgan fingerprint density at radius 3 is 2.53 bits per heavy atom. The molecule has 1 aromatic carbocycles. The van der Waals surface area contributed by atoms with E-state index in [1.165, 1.54) is 24.0 Å². The van der Waals surface area contributed by atoms with Crippen molar-refractivity contribution in [1.82, 2.24) is 5.32 Å². The van der Waals surface area contributed by atoms with Gasteiger partial charge in [0.25, 0.3) is 0 Å². The van der Waals surface area contributed by atoms with Crippen molar-refractivity contribution in [2.24, 2.45) is 5.92 Å². The van der Waals surface area contributed by atoms with E-state index in [0.29, 0.717) is 0 Å². The summed E-state index contributed by atoms with van der Waals surface area (Å²) in [5.41, 5.74) is 2.82. The van der Waals surface area contributed by atoms with Gasteiger partial charge in [-0.05, 0) is 42.3 Å². The lowest BCUT2D eigenvalue weighted by Gasteiger charge is -2.03. The summed E-state index contributed by atoms with van der Waals surface area (Å²) in [6.07, 6.45) is 7.17. The molecule has 1 heteroatoms. The van der Waals surface area contributed by atoms with E-state index in [4.69, 9.17) is 0 Å². The molecule has 0 unspecified atom stereocenters. The minimum Gasteiger partial charge on any atom is -0.313 e. The average molecular weight is 229 g/mol. The van der Waals surface area contributed by atoms with Gasteiger partial charge in [0, 0.05) is 6.54 Å². The molecule has 0 atom stereocenters. The van der Waals surface area contributed by atoms with Crippen molar-refractivity contribution in [3.63, 3.8) is 0 Å². The fraction of sp³-hybridized carbons (Fsp3) is 0.500. The maximum Gasteiger partial charge on any atom is 0.0138 e. The zero-order valence-corrected chi connectivity index (χ0v) is 10.9. The minimum absolute atomic E-state index is 0.723. The van der Waals surface area contributed by atoms with Gasteiger partial charge in [-0.3, -0.25) is 0 Å². The first-order valence-electron chi connectivity index (χ1n) is 6.73. The van der Waals surface area contributed by atoms with Gasteiger partial charge in [-0.25, -0.2) is 0 Å². The van der Waals surface area contributed by atoms with Gasteiger partial charge >= 0.3 is 0 Å². The fourth-order valence-corrected chi connectivity index (χ4v) is 1.95. The molecule has 1 aliphatic carbocycles. The number of hydrogen-bond acceptors (Lipinski definition) is 1. The Bertz CT molecular complexity index is 358. The monoisotopic (exact) mass is 229 g/mol. The first-order chi connectivity index (χ1) is 8.25. The van der Waals surface area contributed by atoms with Crippen LogP contribution in [0.5, 0.6) is 0 Å². The number of hydrogen-bond donors (Lipinski definition) is 1. The summed E-state index contributed by atoms with van der Waals surface area (Å²) in [5.74, 6) is 1.59. The van der Waals surface area contributed by atoms with Gasteiger partial charge in [-0.15, -0.1) is 0 Å². The van der Waals surface area contributed by atoms with Gasteiger partial charge in [0.15, 0.2) is 0 Å². The van der Waals surface area contributed by atoms with Crippen LogP contribution in [0.3, 0.4) is 0 Å². The molecule has 1 nitrogen and oxygen atoms in total. The normalized spacial score (nSPS) is 15.9. The first kappa shape index (κ1) is 12.4. The second kappa shape index (κ2) is 6.02. The number of rotatable bonds is 6. The first-order valence-corrected chi connectivity index (χ1v) is 6.73. The largest absolute Gasteiger partial charge is 0.313 e. The highest BCUT2D eigenvalue weighted by atomic mass is 14.8. The third-order valence-electron chi connectivity index (χ3n) is 3.11. The van der Waals surface area contributed by atoms with Crippen molar-refractivity contribution in [3.8, 4) is 0 Å². The molecule has 0 radical (unpaired) electrons. The van der Waals surface area contributed by atoms with Crippen molar-refractivity contribution in [1.29, 1.82) is 0 Å². The maximum atomic E-state index is 3.41. The van der Waals surface area contributed by atoms with E-state index in [-0.39, 0.29) is 0 Å². The highest BCUT2D eigenvalue weighted by Gasteiger charge is 2.22. The van der Waals surface area contributed by atoms with Crippen LogP contribution in [0.15, 0.2) is 30.3 Å². The van der Waals surface area contributed by atoms with E-state index >= 15 is 0 Å². The average Bonchev–Trinajstić information content (AvgIpc) is 3.13. The van der Waals surface area contributed by atoms with E-state index in [1.807, 2.05) is 0 Å².